The van der Waals surface area contributed by atoms with Crippen molar-refractivity contribution >= 4 is 34.7 Å². The summed E-state index contributed by atoms with van der Waals surface area (Å²) in [5, 5.41) is 1.54. The van der Waals surface area contributed by atoms with Gasteiger partial charge in [0.15, 0.2) is 0 Å². The molecule has 0 atom stereocenters. The fourth-order valence-corrected chi connectivity index (χ4v) is 1.76. The third-order valence-electron chi connectivity index (χ3n) is 2.40. The van der Waals surface area contributed by atoms with Crippen LogP contribution in [0.5, 0.6) is 0 Å². The molecule has 84 valence electrons. The number of aromatic nitrogens is 1. The smallest absolute Gasteiger partial charge is 0.293 e. The number of hydrogen-bond donors (Lipinski definition) is 2. The molecule has 4 nitrogen and oxygen atoms in total. The highest BCUT2D eigenvalue weighted by molar-refractivity contribution is 6.34. The number of halogens is 1. The summed E-state index contributed by atoms with van der Waals surface area (Å²) in [7, 11) is 0. The number of nitrogens with one attached hydrogen (secondary N) is 1. The van der Waals surface area contributed by atoms with E-state index >= 15 is 0 Å². The highest BCUT2D eigenvalue weighted by Crippen LogP contribution is 2.28. The van der Waals surface area contributed by atoms with Crippen LogP contribution in [0.2, 0.25) is 5.02 Å². The SMILES string of the molecule is Nc1c(Cl)ccc2cc(CCOC=O)[nH]c12. The molecule has 2 rings (SSSR count). The highest BCUT2D eigenvalue weighted by Gasteiger charge is 2.06. The topological polar surface area (TPSA) is 68.1 Å². The number of fused-ring (bicyclic) bond motifs is 1. The van der Waals surface area contributed by atoms with Crippen LogP contribution in [0, 0.1) is 0 Å². The van der Waals surface area contributed by atoms with Gasteiger partial charge >= 0.3 is 0 Å². The van der Waals surface area contributed by atoms with Crippen LogP contribution in [0.3, 0.4) is 0 Å². The molecule has 0 bridgehead atoms. The van der Waals surface area contributed by atoms with Crippen molar-refractivity contribution in [3.63, 3.8) is 0 Å². The molecule has 16 heavy (non-hydrogen) atoms. The number of nitrogen functional groups attached to an aromatic ring is 1. The predicted octanol–water partition coefficient (Wildman–Crippen LogP) is 2.12. The second kappa shape index (κ2) is 4.45. The average Bonchev–Trinajstić information content (AvgIpc) is 2.68. The van der Waals surface area contributed by atoms with E-state index in [0.29, 0.717) is 30.2 Å². The maximum atomic E-state index is 10.00. The Morgan fingerprint density at radius 3 is 3.06 bits per heavy atom. The summed E-state index contributed by atoms with van der Waals surface area (Å²) in [6, 6.07) is 5.63. The van der Waals surface area contributed by atoms with Crippen molar-refractivity contribution in [3.05, 3.63) is 28.9 Å². The Hall–Kier alpha value is -1.68. The first-order chi connectivity index (χ1) is 7.72. The molecule has 0 saturated carbocycles. The molecule has 0 aliphatic carbocycles. The van der Waals surface area contributed by atoms with Gasteiger partial charge in [0, 0.05) is 17.5 Å². The lowest BCUT2D eigenvalue weighted by Gasteiger charge is -1.98. The van der Waals surface area contributed by atoms with Gasteiger partial charge in [-0.2, -0.15) is 0 Å². The fourth-order valence-electron chi connectivity index (χ4n) is 1.61. The summed E-state index contributed by atoms with van der Waals surface area (Å²) in [6.07, 6.45) is 0.629. The zero-order chi connectivity index (χ0) is 11.5. The minimum Gasteiger partial charge on any atom is -0.467 e. The van der Waals surface area contributed by atoms with E-state index in [4.69, 9.17) is 17.3 Å². The Morgan fingerprint density at radius 1 is 1.50 bits per heavy atom. The van der Waals surface area contributed by atoms with Crippen molar-refractivity contribution in [2.45, 2.75) is 6.42 Å². The third-order valence-corrected chi connectivity index (χ3v) is 2.73. The lowest BCUT2D eigenvalue weighted by atomic mass is 10.2. The van der Waals surface area contributed by atoms with Crippen molar-refractivity contribution in [1.29, 1.82) is 0 Å². The van der Waals surface area contributed by atoms with Crippen molar-refractivity contribution < 1.29 is 9.53 Å². The van der Waals surface area contributed by atoms with Crippen LogP contribution >= 0.6 is 11.6 Å². The molecule has 1 aromatic heterocycles. The minimum atomic E-state index is 0.351. The Bertz CT molecular complexity index is 522. The van der Waals surface area contributed by atoms with E-state index in [0.717, 1.165) is 16.6 Å². The second-order valence-corrected chi connectivity index (χ2v) is 3.84. The number of benzene rings is 1. The number of aromatic amines is 1. The lowest BCUT2D eigenvalue weighted by Crippen LogP contribution is -1.96. The molecule has 0 radical (unpaired) electrons. The van der Waals surface area contributed by atoms with Crippen LogP contribution in [-0.4, -0.2) is 18.1 Å². The largest absolute Gasteiger partial charge is 0.467 e. The van der Waals surface area contributed by atoms with Crippen molar-refractivity contribution in [3.8, 4) is 0 Å². The first-order valence-corrected chi connectivity index (χ1v) is 5.21. The van der Waals surface area contributed by atoms with Crippen LogP contribution in [0.25, 0.3) is 10.9 Å². The Balaban J connectivity index is 2.29. The van der Waals surface area contributed by atoms with Gasteiger partial charge in [-0.25, -0.2) is 0 Å². The first kappa shape index (κ1) is 10.8. The van der Waals surface area contributed by atoms with Crippen molar-refractivity contribution in [2.24, 2.45) is 0 Å². The van der Waals surface area contributed by atoms with Gasteiger partial charge in [0.2, 0.25) is 0 Å². The lowest BCUT2D eigenvalue weighted by molar-refractivity contribution is -0.128. The standard InChI is InChI=1S/C11H11ClN2O2/c12-9-2-1-7-5-8(3-4-16-6-15)14-11(7)10(9)13/h1-2,5-6,14H,3-4,13H2. The third kappa shape index (κ3) is 1.97. The molecule has 2 aromatic rings. The zero-order valence-electron chi connectivity index (χ0n) is 8.50. The molecule has 0 aliphatic rings. The summed E-state index contributed by atoms with van der Waals surface area (Å²) >= 11 is 5.91. The van der Waals surface area contributed by atoms with Gasteiger partial charge in [-0.15, -0.1) is 0 Å². The summed E-state index contributed by atoms with van der Waals surface area (Å²) in [6.45, 7) is 0.790. The van der Waals surface area contributed by atoms with E-state index in [1.165, 1.54) is 0 Å². The Morgan fingerprint density at radius 2 is 2.31 bits per heavy atom. The second-order valence-electron chi connectivity index (χ2n) is 3.44. The monoisotopic (exact) mass is 238 g/mol. The van der Waals surface area contributed by atoms with Gasteiger partial charge < -0.3 is 15.5 Å². The molecule has 3 N–H and O–H groups in total. The normalized spacial score (nSPS) is 10.6. The molecule has 0 amide bonds. The molecule has 1 aromatic carbocycles. The maximum Gasteiger partial charge on any atom is 0.293 e. The predicted molar refractivity (Wildman–Crippen MR) is 63.4 cm³/mol. The van der Waals surface area contributed by atoms with Crippen LogP contribution in [0.15, 0.2) is 18.2 Å². The van der Waals surface area contributed by atoms with E-state index in [2.05, 4.69) is 9.72 Å². The summed E-state index contributed by atoms with van der Waals surface area (Å²) in [5.41, 5.74) is 8.17. The summed E-state index contributed by atoms with van der Waals surface area (Å²) in [5.74, 6) is 0. The van der Waals surface area contributed by atoms with Gasteiger partial charge in [-0.1, -0.05) is 17.7 Å². The molecule has 0 saturated heterocycles. The molecular formula is C11H11ClN2O2. The molecular weight excluding hydrogens is 228 g/mol. The molecule has 0 aliphatic heterocycles. The number of ether oxygens (including phenoxy) is 1. The number of rotatable bonds is 4. The van der Waals surface area contributed by atoms with Gasteiger partial charge in [0.05, 0.1) is 22.8 Å². The number of anilines is 1. The molecule has 1 heterocycles. The van der Waals surface area contributed by atoms with Gasteiger partial charge in [0.25, 0.3) is 6.47 Å². The maximum absolute atomic E-state index is 10.00. The minimum absolute atomic E-state index is 0.351. The van der Waals surface area contributed by atoms with E-state index in [1.54, 1.807) is 6.07 Å². The van der Waals surface area contributed by atoms with Crippen molar-refractivity contribution in [2.75, 3.05) is 12.3 Å². The zero-order valence-corrected chi connectivity index (χ0v) is 9.25. The van der Waals surface area contributed by atoms with E-state index in [-0.39, 0.29) is 0 Å². The number of carbonyl (C=O) groups is 1. The van der Waals surface area contributed by atoms with E-state index < -0.39 is 0 Å². The van der Waals surface area contributed by atoms with Gasteiger partial charge in [-0.3, -0.25) is 4.79 Å². The van der Waals surface area contributed by atoms with Gasteiger partial charge in [-0.05, 0) is 12.1 Å². The Kier molecular flexibility index (Phi) is 3.01. The Labute approximate surface area is 97.3 Å². The number of hydrogen-bond acceptors (Lipinski definition) is 3. The molecule has 0 fully saturated rings. The van der Waals surface area contributed by atoms with Crippen LogP contribution in [0.1, 0.15) is 5.69 Å². The molecule has 0 spiro atoms. The first-order valence-electron chi connectivity index (χ1n) is 4.83. The quantitative estimate of drug-likeness (QED) is 0.487. The summed E-state index contributed by atoms with van der Waals surface area (Å²) in [4.78, 5) is 13.2. The fraction of sp³-hybridized carbons (Fsp3) is 0.182. The van der Waals surface area contributed by atoms with Crippen LogP contribution in [-0.2, 0) is 16.0 Å². The van der Waals surface area contributed by atoms with E-state index in [9.17, 15) is 4.79 Å². The van der Waals surface area contributed by atoms with Crippen molar-refractivity contribution in [1.82, 2.24) is 4.98 Å². The van der Waals surface area contributed by atoms with Crippen LogP contribution in [0.4, 0.5) is 5.69 Å². The number of nitrogens with two attached hydrogens (primary N) is 1. The van der Waals surface area contributed by atoms with Gasteiger partial charge in [0.1, 0.15) is 0 Å². The average molecular weight is 239 g/mol. The molecule has 0 unspecified atom stereocenters. The van der Waals surface area contributed by atoms with E-state index in [1.807, 2.05) is 12.1 Å². The van der Waals surface area contributed by atoms with Crippen LogP contribution < -0.4 is 5.73 Å². The highest BCUT2D eigenvalue weighted by atomic mass is 35.5. The molecule has 5 heteroatoms. The number of H-pyrrole nitrogens is 1. The summed E-state index contributed by atoms with van der Waals surface area (Å²) < 4.78 is 4.63. The number of carbonyl (C=O) groups excluding carboxylic acids is 1.